The monoisotopic (exact) mass is 499 g/mol. The van der Waals surface area contributed by atoms with Gasteiger partial charge in [0.1, 0.15) is 11.9 Å². The summed E-state index contributed by atoms with van der Waals surface area (Å²) in [7, 11) is 0. The van der Waals surface area contributed by atoms with E-state index in [0.29, 0.717) is 41.9 Å². The van der Waals surface area contributed by atoms with Crippen molar-refractivity contribution in [3.8, 4) is 0 Å². The molecule has 2 aliphatic heterocycles. The van der Waals surface area contributed by atoms with Gasteiger partial charge in [0.25, 0.3) is 0 Å². The van der Waals surface area contributed by atoms with Crippen LogP contribution in [0.15, 0.2) is 109 Å². The Balaban J connectivity index is 1.08. The van der Waals surface area contributed by atoms with E-state index in [4.69, 9.17) is 4.74 Å². The average Bonchev–Trinajstić information content (AvgIpc) is 3.53. The third kappa shape index (κ3) is 3.67. The van der Waals surface area contributed by atoms with Crippen LogP contribution in [0.1, 0.15) is 62.0 Å². The van der Waals surface area contributed by atoms with Crippen molar-refractivity contribution >= 4 is 11.3 Å². The molecule has 2 heterocycles. The summed E-state index contributed by atoms with van der Waals surface area (Å²) in [5.41, 5.74) is 7.40. The van der Waals surface area contributed by atoms with Gasteiger partial charge >= 0.3 is 0 Å². The van der Waals surface area contributed by atoms with Crippen LogP contribution in [0.2, 0.25) is 0 Å². The lowest BCUT2D eigenvalue weighted by molar-refractivity contribution is 0.131. The highest BCUT2D eigenvalue weighted by atomic mass is 16.5. The minimum Gasteiger partial charge on any atom is -0.494 e. The average molecular weight is 500 g/mol. The van der Waals surface area contributed by atoms with E-state index >= 15 is 0 Å². The fourth-order valence-electron chi connectivity index (χ4n) is 8.16. The molecule has 1 aromatic carbocycles. The van der Waals surface area contributed by atoms with E-state index < -0.39 is 0 Å². The Morgan fingerprint density at radius 1 is 0.816 bits per heavy atom. The number of benzene rings is 1. The predicted molar refractivity (Wildman–Crippen MR) is 157 cm³/mol. The first-order chi connectivity index (χ1) is 18.8. The van der Waals surface area contributed by atoms with Crippen molar-refractivity contribution in [3.05, 3.63) is 120 Å². The lowest BCUT2D eigenvalue weighted by atomic mass is 9.77. The lowest BCUT2D eigenvalue weighted by Crippen LogP contribution is -2.41. The zero-order chi connectivity index (χ0) is 25.1. The molecule has 7 unspecified atom stereocenters. The molecule has 0 bridgehead atoms. The number of rotatable bonds is 3. The highest BCUT2D eigenvalue weighted by Crippen LogP contribution is 2.50. The molecule has 8 rings (SSSR count). The summed E-state index contributed by atoms with van der Waals surface area (Å²) in [6, 6.07) is 8.20. The molecule has 0 N–H and O–H groups in total. The van der Waals surface area contributed by atoms with Crippen molar-refractivity contribution in [1.82, 2.24) is 0 Å². The fraction of sp³-hybridized carbons (Fsp3) is 0.389. The summed E-state index contributed by atoms with van der Waals surface area (Å²) < 4.78 is 6.35. The number of anilines is 1. The zero-order valence-electron chi connectivity index (χ0n) is 22.1. The molecule has 0 radical (unpaired) electrons. The predicted octanol–water partition coefficient (Wildman–Crippen LogP) is 8.35. The van der Waals surface area contributed by atoms with E-state index in [2.05, 4.69) is 102 Å². The molecule has 7 atom stereocenters. The number of nitrogens with zero attached hydrogens (tertiary/aromatic N) is 1. The second-order valence-corrected chi connectivity index (χ2v) is 12.1. The largest absolute Gasteiger partial charge is 0.494 e. The molecular weight excluding hydrogens is 462 g/mol. The second kappa shape index (κ2) is 9.19. The fourth-order valence-corrected chi connectivity index (χ4v) is 8.16. The van der Waals surface area contributed by atoms with Gasteiger partial charge in [0.15, 0.2) is 0 Å². The van der Waals surface area contributed by atoms with E-state index in [1.807, 2.05) is 0 Å². The highest BCUT2D eigenvalue weighted by molar-refractivity contribution is 5.75. The molecule has 0 aromatic heterocycles. The van der Waals surface area contributed by atoms with Crippen molar-refractivity contribution in [3.63, 3.8) is 0 Å². The number of ether oxygens (including phenoxy) is 1. The van der Waals surface area contributed by atoms with Gasteiger partial charge in [-0.1, -0.05) is 84.6 Å². The van der Waals surface area contributed by atoms with Crippen LogP contribution in [-0.4, -0.2) is 18.2 Å². The molecule has 7 aliphatic rings. The van der Waals surface area contributed by atoms with Gasteiger partial charge in [0, 0.05) is 29.5 Å². The maximum absolute atomic E-state index is 6.35. The Kier molecular flexibility index (Phi) is 5.49. The van der Waals surface area contributed by atoms with Gasteiger partial charge in [0.2, 0.25) is 0 Å². The maximum atomic E-state index is 6.35. The maximum Gasteiger partial charge on any atom is 0.105 e. The van der Waals surface area contributed by atoms with Gasteiger partial charge in [-0.25, -0.2) is 0 Å². The van der Waals surface area contributed by atoms with E-state index in [-0.39, 0.29) is 0 Å². The Bertz CT molecular complexity index is 1380. The molecule has 2 nitrogen and oxygen atoms in total. The summed E-state index contributed by atoms with van der Waals surface area (Å²) in [6.07, 6.45) is 39.3. The van der Waals surface area contributed by atoms with Crippen LogP contribution in [0.25, 0.3) is 5.57 Å². The van der Waals surface area contributed by atoms with Gasteiger partial charge in [-0.3, -0.25) is 0 Å². The molecule has 5 aliphatic carbocycles. The van der Waals surface area contributed by atoms with Crippen molar-refractivity contribution in [2.24, 2.45) is 17.8 Å². The minimum atomic E-state index is 0.381. The topological polar surface area (TPSA) is 12.5 Å². The third-order valence-corrected chi connectivity index (χ3v) is 10.1. The van der Waals surface area contributed by atoms with Crippen molar-refractivity contribution in [2.45, 2.75) is 69.1 Å². The quantitative estimate of drug-likeness (QED) is 0.388. The van der Waals surface area contributed by atoms with Crippen molar-refractivity contribution < 1.29 is 4.74 Å². The van der Waals surface area contributed by atoms with Crippen LogP contribution >= 0.6 is 0 Å². The standard InChI is InChI=1S/C36H37NO/c1-2-8-24(9-3-1)25-14-18-28(19-15-25)37-33-12-6-4-10-29(33)31-22-26(16-20-34(31)37)27-17-21-36-32(23-27)30-11-5-7-13-35(30)38-36/h1-2,4-6,8,10-12,14,16-18,20-22,25,28-30,32-33,35H,3,7,9,13,15,19,23H2. The summed E-state index contributed by atoms with van der Waals surface area (Å²) in [4.78, 5) is 2.72. The SMILES string of the molecule is C1=CCCC(C2C=CC(N3c4ccc(C5=CC=C6OC7CCC=CC7C6C5)cc4C4C=CC=CC43)CC2)=C1. The van der Waals surface area contributed by atoms with Gasteiger partial charge in [-0.15, -0.1) is 0 Å². The van der Waals surface area contributed by atoms with E-state index in [9.17, 15) is 0 Å². The summed E-state index contributed by atoms with van der Waals surface area (Å²) in [5, 5.41) is 0. The molecule has 0 saturated carbocycles. The molecule has 192 valence electrons. The highest BCUT2D eigenvalue weighted by Gasteiger charge is 2.43. The first-order valence-corrected chi connectivity index (χ1v) is 14.9. The van der Waals surface area contributed by atoms with Crippen molar-refractivity contribution in [2.75, 3.05) is 4.90 Å². The van der Waals surface area contributed by atoms with E-state index in [1.54, 1.807) is 5.57 Å². The van der Waals surface area contributed by atoms with Gasteiger partial charge < -0.3 is 9.64 Å². The van der Waals surface area contributed by atoms with E-state index in [0.717, 1.165) is 19.3 Å². The molecule has 0 amide bonds. The van der Waals surface area contributed by atoms with Crippen LogP contribution in [0.3, 0.4) is 0 Å². The molecule has 1 saturated heterocycles. The minimum absolute atomic E-state index is 0.381. The smallest absolute Gasteiger partial charge is 0.105 e. The number of hydrogen-bond acceptors (Lipinski definition) is 2. The summed E-state index contributed by atoms with van der Waals surface area (Å²) >= 11 is 0. The number of allylic oxidation sites excluding steroid dienone is 12. The van der Waals surface area contributed by atoms with Crippen LogP contribution in [-0.2, 0) is 4.74 Å². The first kappa shape index (κ1) is 22.7. The Morgan fingerprint density at radius 3 is 2.68 bits per heavy atom. The molecular formula is C36H37NO. The zero-order valence-corrected chi connectivity index (χ0v) is 22.1. The Hall–Kier alpha value is -3.26. The lowest BCUT2D eigenvalue weighted by Gasteiger charge is -2.37. The Labute approximate surface area is 227 Å². The first-order valence-electron chi connectivity index (χ1n) is 14.9. The van der Waals surface area contributed by atoms with Crippen LogP contribution in [0.5, 0.6) is 0 Å². The molecule has 1 fully saturated rings. The van der Waals surface area contributed by atoms with Crippen LogP contribution < -0.4 is 4.90 Å². The molecule has 2 heteroatoms. The summed E-state index contributed by atoms with van der Waals surface area (Å²) in [6.45, 7) is 0. The van der Waals surface area contributed by atoms with E-state index in [1.165, 1.54) is 53.8 Å². The molecule has 1 aromatic rings. The number of hydrogen-bond donors (Lipinski definition) is 0. The van der Waals surface area contributed by atoms with Crippen molar-refractivity contribution in [1.29, 1.82) is 0 Å². The third-order valence-electron chi connectivity index (χ3n) is 10.1. The van der Waals surface area contributed by atoms with Gasteiger partial charge in [-0.05, 0) is 85.8 Å². The number of fused-ring (bicyclic) bond motifs is 6. The van der Waals surface area contributed by atoms with Gasteiger partial charge in [-0.2, -0.15) is 0 Å². The normalized spacial score (nSPS) is 36.1. The van der Waals surface area contributed by atoms with Gasteiger partial charge in [0.05, 0.1) is 6.04 Å². The Morgan fingerprint density at radius 2 is 1.79 bits per heavy atom. The molecule has 0 spiro atoms. The molecule has 38 heavy (non-hydrogen) atoms. The second-order valence-electron chi connectivity index (χ2n) is 12.1. The summed E-state index contributed by atoms with van der Waals surface area (Å²) in [5.74, 6) is 3.31. The van der Waals surface area contributed by atoms with Crippen LogP contribution in [0, 0.1) is 17.8 Å². The van der Waals surface area contributed by atoms with Crippen LogP contribution in [0.4, 0.5) is 5.69 Å².